The van der Waals surface area contributed by atoms with E-state index in [9.17, 15) is 15.0 Å². The van der Waals surface area contributed by atoms with Crippen LogP contribution in [0.1, 0.15) is 57.9 Å². The Hall–Kier alpha value is -0.890. The van der Waals surface area contributed by atoms with Crippen LogP contribution in [-0.4, -0.2) is 52.2 Å². The Bertz CT molecular complexity index is 1120. The Morgan fingerprint density at radius 1 is 1.23 bits per heavy atom. The van der Waals surface area contributed by atoms with Crippen molar-refractivity contribution in [2.24, 2.45) is 28.1 Å². The Balaban J connectivity index is 1.47. The van der Waals surface area contributed by atoms with E-state index in [-0.39, 0.29) is 48.6 Å². The van der Waals surface area contributed by atoms with E-state index in [1.54, 1.807) is 13.2 Å². The average molecular weight is 525 g/mol. The highest BCUT2D eigenvalue weighted by Crippen LogP contribution is 2.75. The van der Waals surface area contributed by atoms with Gasteiger partial charge >= 0.3 is 5.63 Å². The fourth-order valence-electron chi connectivity index (χ4n) is 9.29. The number of halogens is 2. The number of allylic oxidation sites excluding steroid dienone is 1. The minimum Gasteiger partial charge on any atom is -0.431 e. The summed E-state index contributed by atoms with van der Waals surface area (Å²) in [6, 6.07) is 3.08. The van der Waals surface area contributed by atoms with Gasteiger partial charge in [-0.1, -0.05) is 26.8 Å². The maximum atomic E-state index is 12.5. The van der Waals surface area contributed by atoms with Gasteiger partial charge in [-0.15, -0.1) is 23.2 Å². The van der Waals surface area contributed by atoms with E-state index in [2.05, 4.69) is 19.9 Å². The average Bonchev–Trinajstić information content (AvgIpc) is 3.54. The van der Waals surface area contributed by atoms with Gasteiger partial charge in [-0.3, -0.25) is 0 Å². The lowest BCUT2D eigenvalue weighted by Gasteiger charge is -2.62. The van der Waals surface area contributed by atoms with Crippen LogP contribution in [0.2, 0.25) is 0 Å². The molecule has 4 aliphatic carbocycles. The number of aliphatic hydroxyl groups is 2. The first-order valence-corrected chi connectivity index (χ1v) is 13.3. The first kappa shape index (κ1) is 24.4. The third kappa shape index (κ3) is 2.85. The van der Waals surface area contributed by atoms with Crippen molar-refractivity contribution in [3.63, 3.8) is 0 Å². The highest BCUT2D eigenvalue weighted by Gasteiger charge is 2.77. The molecule has 0 aromatic carbocycles. The predicted octanol–water partition coefficient (Wildman–Crippen LogP) is 4.20. The molecule has 3 saturated carbocycles. The second kappa shape index (κ2) is 7.36. The molecule has 6 rings (SSSR count). The maximum Gasteiger partial charge on any atom is 0.335 e. The number of epoxide rings is 1. The van der Waals surface area contributed by atoms with Crippen molar-refractivity contribution in [2.75, 3.05) is 13.7 Å². The first-order chi connectivity index (χ1) is 16.4. The summed E-state index contributed by atoms with van der Waals surface area (Å²) in [6.07, 6.45) is 5.74. The van der Waals surface area contributed by atoms with E-state index < -0.39 is 32.3 Å². The van der Waals surface area contributed by atoms with Crippen molar-refractivity contribution < 1.29 is 24.1 Å². The summed E-state index contributed by atoms with van der Waals surface area (Å²) >= 11 is 14.0. The number of fused-ring (bicyclic) bond motifs is 7. The van der Waals surface area contributed by atoms with Crippen molar-refractivity contribution in [2.45, 2.75) is 80.6 Å². The fraction of sp³-hybridized carbons (Fsp3) is 0.741. The SMILES string of the molecule is COC1C2OC2C2(CO)C3CCC4(C)C(c5ccc(=O)oc5)C(Cl)(Cl)CC4(O)C3=CCC2C1(C)C. The van der Waals surface area contributed by atoms with Crippen LogP contribution in [0.25, 0.3) is 0 Å². The maximum absolute atomic E-state index is 12.5. The van der Waals surface area contributed by atoms with E-state index in [1.165, 1.54) is 12.3 Å². The molecule has 1 aromatic heterocycles. The topological polar surface area (TPSA) is 92.4 Å². The van der Waals surface area contributed by atoms with Crippen molar-refractivity contribution in [3.8, 4) is 0 Å². The molecule has 6 nitrogen and oxygen atoms in total. The minimum absolute atomic E-state index is 0.00629. The summed E-state index contributed by atoms with van der Waals surface area (Å²) in [5.74, 6) is -0.330. The first-order valence-electron chi connectivity index (χ1n) is 12.6. The molecule has 8 heteroatoms. The van der Waals surface area contributed by atoms with Crippen LogP contribution >= 0.6 is 23.2 Å². The number of aliphatic hydroxyl groups excluding tert-OH is 1. The summed E-state index contributed by atoms with van der Waals surface area (Å²) in [5.41, 5.74) is -1.43. The normalized spacial score (nSPS) is 48.7. The largest absolute Gasteiger partial charge is 0.431 e. The minimum atomic E-state index is -1.26. The predicted molar refractivity (Wildman–Crippen MR) is 132 cm³/mol. The summed E-state index contributed by atoms with van der Waals surface area (Å²) in [7, 11) is 1.74. The van der Waals surface area contributed by atoms with Gasteiger partial charge in [0.05, 0.1) is 30.7 Å². The number of ether oxygens (including phenoxy) is 2. The van der Waals surface area contributed by atoms with E-state index >= 15 is 0 Å². The fourth-order valence-corrected chi connectivity index (χ4v) is 10.4. The molecule has 5 aliphatic rings. The third-order valence-corrected chi connectivity index (χ3v) is 11.4. The van der Waals surface area contributed by atoms with Gasteiger partial charge in [-0.2, -0.15) is 0 Å². The molecular weight excluding hydrogens is 491 g/mol. The lowest BCUT2D eigenvalue weighted by molar-refractivity contribution is -0.157. The van der Waals surface area contributed by atoms with Crippen molar-refractivity contribution in [1.29, 1.82) is 0 Å². The molecule has 1 saturated heterocycles. The molecule has 1 aliphatic heterocycles. The van der Waals surface area contributed by atoms with Crippen LogP contribution < -0.4 is 5.63 Å². The molecule has 192 valence electrons. The quantitative estimate of drug-likeness (QED) is 0.349. The highest BCUT2D eigenvalue weighted by molar-refractivity contribution is 6.49. The molecule has 2 heterocycles. The van der Waals surface area contributed by atoms with Gasteiger partial charge in [0.15, 0.2) is 0 Å². The van der Waals surface area contributed by atoms with E-state index in [0.29, 0.717) is 18.4 Å². The summed E-state index contributed by atoms with van der Waals surface area (Å²) in [5, 5.41) is 23.6. The van der Waals surface area contributed by atoms with Crippen LogP contribution in [-0.2, 0) is 9.47 Å². The van der Waals surface area contributed by atoms with Crippen molar-refractivity contribution in [1.82, 2.24) is 0 Å². The Kier molecular flexibility index (Phi) is 5.14. The molecule has 0 radical (unpaired) electrons. The van der Waals surface area contributed by atoms with Gasteiger partial charge in [-0.25, -0.2) is 4.79 Å². The van der Waals surface area contributed by atoms with Gasteiger partial charge in [0, 0.05) is 36.3 Å². The van der Waals surface area contributed by atoms with Crippen molar-refractivity contribution >= 4 is 23.2 Å². The molecule has 0 spiro atoms. The van der Waals surface area contributed by atoms with E-state index in [0.717, 1.165) is 12.0 Å². The summed E-state index contributed by atoms with van der Waals surface area (Å²) < 4.78 is 16.1. The van der Waals surface area contributed by atoms with E-state index in [4.69, 9.17) is 37.1 Å². The Labute approximate surface area is 215 Å². The second-order valence-electron chi connectivity index (χ2n) is 12.3. The molecule has 9 unspecified atom stereocenters. The number of hydrogen-bond donors (Lipinski definition) is 2. The molecule has 0 bridgehead atoms. The lowest BCUT2D eigenvalue weighted by Crippen LogP contribution is -2.65. The van der Waals surface area contributed by atoms with Crippen LogP contribution in [0.15, 0.2) is 39.3 Å². The van der Waals surface area contributed by atoms with Gasteiger partial charge < -0.3 is 24.1 Å². The summed E-state index contributed by atoms with van der Waals surface area (Å²) in [4.78, 5) is 11.6. The van der Waals surface area contributed by atoms with Crippen LogP contribution in [0, 0.1) is 28.1 Å². The smallest absolute Gasteiger partial charge is 0.335 e. The van der Waals surface area contributed by atoms with Gasteiger partial charge in [0.2, 0.25) is 0 Å². The van der Waals surface area contributed by atoms with Crippen LogP contribution in [0.5, 0.6) is 0 Å². The van der Waals surface area contributed by atoms with Gasteiger partial charge in [0.25, 0.3) is 0 Å². The monoisotopic (exact) mass is 524 g/mol. The molecule has 4 fully saturated rings. The number of alkyl halides is 2. The zero-order chi connectivity index (χ0) is 25.2. The van der Waals surface area contributed by atoms with Gasteiger partial charge in [-0.05, 0) is 53.7 Å². The highest BCUT2D eigenvalue weighted by atomic mass is 35.5. The van der Waals surface area contributed by atoms with Crippen molar-refractivity contribution in [3.05, 3.63) is 46.0 Å². The summed E-state index contributed by atoms with van der Waals surface area (Å²) in [6.45, 7) is 6.47. The molecule has 1 aromatic rings. The van der Waals surface area contributed by atoms with Crippen LogP contribution in [0.3, 0.4) is 0 Å². The molecule has 35 heavy (non-hydrogen) atoms. The van der Waals surface area contributed by atoms with Crippen LogP contribution in [0.4, 0.5) is 0 Å². The lowest BCUT2D eigenvalue weighted by atomic mass is 9.42. The standard InChI is InChI=1S/C27H34Cl2O6/c1-23(2)17-7-6-16-15(25(17,13-30)22-19(35-22)21(23)33-4)9-10-24(3)20(14-5-8-18(31)34-11-14)27(28,29)12-26(16,24)32/h5-6,8,11,15,17,19-22,30,32H,7,9-10,12-13H2,1-4H3. The van der Waals surface area contributed by atoms with Gasteiger partial charge in [0.1, 0.15) is 10.4 Å². The number of methoxy groups -OCH3 is 1. The van der Waals surface area contributed by atoms with E-state index in [1.807, 2.05) is 6.92 Å². The number of hydrogen-bond acceptors (Lipinski definition) is 6. The molecule has 9 atom stereocenters. The molecular formula is C27H34Cl2O6. The third-order valence-electron chi connectivity index (χ3n) is 10.7. The zero-order valence-electron chi connectivity index (χ0n) is 20.6. The number of rotatable bonds is 3. The Morgan fingerprint density at radius 3 is 2.60 bits per heavy atom. The molecule has 2 N–H and O–H groups in total. The Morgan fingerprint density at radius 2 is 1.97 bits per heavy atom. The molecule has 0 amide bonds. The second-order valence-corrected chi connectivity index (χ2v) is 13.9. The zero-order valence-corrected chi connectivity index (χ0v) is 22.1.